The van der Waals surface area contributed by atoms with E-state index >= 15 is 0 Å². The lowest BCUT2D eigenvalue weighted by atomic mass is 10.0. The summed E-state index contributed by atoms with van der Waals surface area (Å²) in [4.78, 5) is 22.5. The third-order valence-electron chi connectivity index (χ3n) is 3.10. The average Bonchev–Trinajstić information content (AvgIpc) is 2.47. The van der Waals surface area contributed by atoms with Crippen LogP contribution in [0.3, 0.4) is 0 Å². The summed E-state index contributed by atoms with van der Waals surface area (Å²) in [6.07, 6.45) is -1.62. The Bertz CT molecular complexity index is 686. The van der Waals surface area contributed by atoms with Gasteiger partial charge < -0.3 is 15.5 Å². The minimum atomic E-state index is -1.52. The van der Waals surface area contributed by atoms with E-state index in [0.29, 0.717) is 16.3 Å². The van der Waals surface area contributed by atoms with Gasteiger partial charge in [0.15, 0.2) is 6.10 Å². The molecule has 3 N–H and O–H groups in total. The molecule has 0 heterocycles. The van der Waals surface area contributed by atoms with Gasteiger partial charge in [0.1, 0.15) is 5.82 Å². The number of fused-ring (bicyclic) bond motifs is 1. The maximum absolute atomic E-state index is 13.6. The van der Waals surface area contributed by atoms with Gasteiger partial charge in [-0.05, 0) is 17.5 Å². The van der Waals surface area contributed by atoms with Crippen molar-refractivity contribution in [3.8, 4) is 0 Å². The van der Waals surface area contributed by atoms with Crippen LogP contribution in [0.25, 0.3) is 10.8 Å². The summed E-state index contributed by atoms with van der Waals surface area (Å²) in [5.74, 6) is -2.19. The van der Waals surface area contributed by atoms with Gasteiger partial charge in [-0.2, -0.15) is 0 Å². The Morgan fingerprint density at radius 1 is 1.14 bits per heavy atom. The van der Waals surface area contributed by atoms with E-state index < -0.39 is 23.8 Å². The van der Waals surface area contributed by atoms with Crippen LogP contribution in [0.4, 0.5) is 4.39 Å². The number of aliphatic carboxylic acids is 1. The van der Waals surface area contributed by atoms with Crippen LogP contribution in [-0.2, 0) is 4.79 Å². The van der Waals surface area contributed by atoms with Crippen molar-refractivity contribution in [2.24, 2.45) is 0 Å². The molecular weight excluding hydrogens is 277 g/mol. The second-order valence-electron chi connectivity index (χ2n) is 4.54. The molecule has 0 radical (unpaired) electrons. The van der Waals surface area contributed by atoms with Gasteiger partial charge in [-0.15, -0.1) is 0 Å². The Hall–Kier alpha value is -2.47. The highest BCUT2D eigenvalue weighted by molar-refractivity contribution is 6.07. The van der Waals surface area contributed by atoms with Crippen LogP contribution in [0.2, 0.25) is 0 Å². The first-order chi connectivity index (χ1) is 10.0. The zero-order valence-electron chi connectivity index (χ0n) is 11.0. The van der Waals surface area contributed by atoms with E-state index in [4.69, 9.17) is 10.2 Å². The van der Waals surface area contributed by atoms with E-state index in [-0.39, 0.29) is 13.0 Å². The Balaban J connectivity index is 2.13. The predicted octanol–water partition coefficient (Wildman–Crippen LogP) is 1.54. The molecule has 0 fully saturated rings. The smallest absolute Gasteiger partial charge is 0.332 e. The van der Waals surface area contributed by atoms with Gasteiger partial charge in [-0.1, -0.05) is 24.3 Å². The highest BCUT2D eigenvalue weighted by Gasteiger charge is 2.15. The molecule has 0 aromatic heterocycles. The first-order valence-electron chi connectivity index (χ1n) is 6.37. The Kier molecular flexibility index (Phi) is 4.49. The maximum Gasteiger partial charge on any atom is 0.332 e. The van der Waals surface area contributed by atoms with Crippen molar-refractivity contribution in [2.75, 3.05) is 6.54 Å². The molecule has 1 unspecified atom stereocenters. The van der Waals surface area contributed by atoms with E-state index in [9.17, 15) is 14.0 Å². The number of hydrogen-bond acceptors (Lipinski definition) is 3. The molecule has 110 valence electrons. The lowest BCUT2D eigenvalue weighted by Crippen LogP contribution is -2.30. The molecule has 1 atom stereocenters. The molecule has 5 nitrogen and oxygen atoms in total. The van der Waals surface area contributed by atoms with Crippen LogP contribution < -0.4 is 5.32 Å². The second-order valence-corrected chi connectivity index (χ2v) is 4.54. The average molecular weight is 291 g/mol. The Morgan fingerprint density at radius 3 is 2.48 bits per heavy atom. The highest BCUT2D eigenvalue weighted by atomic mass is 19.1. The van der Waals surface area contributed by atoms with Crippen molar-refractivity contribution in [1.29, 1.82) is 0 Å². The van der Waals surface area contributed by atoms with Crippen LogP contribution in [0.1, 0.15) is 16.8 Å². The second kappa shape index (κ2) is 6.32. The number of carbonyl (C=O) groups excluding carboxylic acids is 1. The predicted molar refractivity (Wildman–Crippen MR) is 74.5 cm³/mol. The number of aliphatic hydroxyl groups is 1. The summed E-state index contributed by atoms with van der Waals surface area (Å²) in [5.41, 5.74) is 0.303. The first-order valence-corrected chi connectivity index (χ1v) is 6.37. The van der Waals surface area contributed by atoms with Gasteiger partial charge in [0.2, 0.25) is 0 Å². The molecule has 0 saturated carbocycles. The standard InChI is InChI=1S/C15H14FNO4/c16-12-6-5-11(9-3-1-2-4-10(9)12)14(19)17-8-7-13(18)15(20)21/h1-6,13,18H,7-8H2,(H,17,19)(H,20,21). The fraction of sp³-hybridized carbons (Fsp3) is 0.200. The van der Waals surface area contributed by atoms with E-state index in [1.165, 1.54) is 12.1 Å². The number of carboxylic acid groups (broad SMARTS) is 1. The minimum Gasteiger partial charge on any atom is -0.479 e. The quantitative estimate of drug-likeness (QED) is 0.780. The Labute approximate surface area is 120 Å². The summed E-state index contributed by atoms with van der Waals surface area (Å²) in [6.45, 7) is 0.0119. The number of hydrogen-bond donors (Lipinski definition) is 3. The third kappa shape index (κ3) is 3.35. The SMILES string of the molecule is O=C(NCCC(O)C(=O)O)c1ccc(F)c2ccccc12. The van der Waals surface area contributed by atoms with Gasteiger partial charge in [0.25, 0.3) is 5.91 Å². The zero-order chi connectivity index (χ0) is 15.4. The molecule has 2 aromatic carbocycles. The molecule has 0 aliphatic heterocycles. The zero-order valence-corrected chi connectivity index (χ0v) is 11.0. The maximum atomic E-state index is 13.6. The van der Waals surface area contributed by atoms with E-state index in [1.807, 2.05) is 0 Å². The molecule has 2 aromatic rings. The molecule has 0 aliphatic rings. The van der Waals surface area contributed by atoms with Gasteiger partial charge in [0.05, 0.1) is 0 Å². The van der Waals surface area contributed by atoms with E-state index in [0.717, 1.165) is 0 Å². The number of carboxylic acids is 1. The molecule has 0 bridgehead atoms. The van der Waals surface area contributed by atoms with Crippen LogP contribution in [0, 0.1) is 5.82 Å². The molecule has 21 heavy (non-hydrogen) atoms. The Morgan fingerprint density at radius 2 is 1.81 bits per heavy atom. The lowest BCUT2D eigenvalue weighted by molar-refractivity contribution is -0.146. The lowest BCUT2D eigenvalue weighted by Gasteiger charge is -2.09. The fourth-order valence-electron chi connectivity index (χ4n) is 2.00. The van der Waals surface area contributed by atoms with E-state index in [2.05, 4.69) is 5.32 Å². The highest BCUT2D eigenvalue weighted by Crippen LogP contribution is 2.21. The van der Waals surface area contributed by atoms with Crippen LogP contribution in [-0.4, -0.2) is 34.7 Å². The van der Waals surface area contributed by atoms with Gasteiger partial charge in [0, 0.05) is 23.9 Å². The number of carbonyl (C=O) groups is 2. The van der Waals surface area contributed by atoms with Crippen LogP contribution >= 0.6 is 0 Å². The summed E-state index contributed by atoms with van der Waals surface area (Å²) < 4.78 is 13.6. The van der Waals surface area contributed by atoms with Crippen molar-refractivity contribution in [2.45, 2.75) is 12.5 Å². The van der Waals surface area contributed by atoms with Crippen molar-refractivity contribution in [3.63, 3.8) is 0 Å². The first kappa shape index (κ1) is 14.9. The monoisotopic (exact) mass is 291 g/mol. The number of benzene rings is 2. The molecule has 0 spiro atoms. The molecule has 1 amide bonds. The normalized spacial score (nSPS) is 12.1. The molecule has 6 heteroatoms. The number of halogens is 1. The van der Waals surface area contributed by atoms with Gasteiger partial charge in [-0.3, -0.25) is 4.79 Å². The van der Waals surface area contributed by atoms with Crippen LogP contribution in [0.5, 0.6) is 0 Å². The van der Waals surface area contributed by atoms with Crippen molar-refractivity contribution in [1.82, 2.24) is 5.32 Å². The van der Waals surface area contributed by atoms with Crippen molar-refractivity contribution < 1.29 is 24.2 Å². The summed E-state index contributed by atoms with van der Waals surface area (Å²) in [6, 6.07) is 9.18. The van der Waals surface area contributed by atoms with Crippen LogP contribution in [0.15, 0.2) is 36.4 Å². The summed E-state index contributed by atoms with van der Waals surface area (Å²) in [5, 5.41) is 21.0. The molecular formula is C15H14FNO4. The minimum absolute atomic E-state index is 0.0119. The van der Waals surface area contributed by atoms with E-state index in [1.54, 1.807) is 24.3 Å². The van der Waals surface area contributed by atoms with Gasteiger partial charge >= 0.3 is 5.97 Å². The largest absolute Gasteiger partial charge is 0.479 e. The fourth-order valence-corrected chi connectivity index (χ4v) is 2.00. The molecule has 2 rings (SSSR count). The molecule has 0 aliphatic carbocycles. The number of rotatable bonds is 5. The summed E-state index contributed by atoms with van der Waals surface area (Å²) >= 11 is 0. The topological polar surface area (TPSA) is 86.6 Å². The molecule has 0 saturated heterocycles. The van der Waals surface area contributed by atoms with Crippen molar-refractivity contribution >= 4 is 22.6 Å². The summed E-state index contributed by atoms with van der Waals surface area (Å²) in [7, 11) is 0. The number of aliphatic hydroxyl groups excluding tert-OH is 1. The van der Waals surface area contributed by atoms with Gasteiger partial charge in [-0.25, -0.2) is 9.18 Å². The number of amides is 1. The van der Waals surface area contributed by atoms with Crippen molar-refractivity contribution in [3.05, 3.63) is 47.8 Å². The third-order valence-corrected chi connectivity index (χ3v) is 3.10. The number of nitrogens with one attached hydrogen (secondary N) is 1.